The third-order valence-corrected chi connectivity index (χ3v) is 4.92. The van der Waals surface area contributed by atoms with Crippen LogP contribution in [0.25, 0.3) is 0 Å². The highest BCUT2D eigenvalue weighted by Crippen LogP contribution is 2.48. The molecule has 0 saturated heterocycles. The summed E-state index contributed by atoms with van der Waals surface area (Å²) in [7, 11) is 0. The zero-order valence-electron chi connectivity index (χ0n) is 10.7. The lowest BCUT2D eigenvalue weighted by molar-refractivity contribution is 0.378. The van der Waals surface area contributed by atoms with Crippen molar-refractivity contribution in [3.63, 3.8) is 0 Å². The van der Waals surface area contributed by atoms with Crippen molar-refractivity contribution in [3.05, 3.63) is 28.2 Å². The molecule has 0 atom stereocenters. The molecule has 3 heteroatoms. The standard InChI is InChI=1S/C15H21BrN2/c16-14-7-10(1-6-15(14)17)8-18-9-13(11-2-3-11)12-4-5-12/h1,6-7,11-13,18H,2-5,8-9,17H2. The van der Waals surface area contributed by atoms with Gasteiger partial charge in [-0.2, -0.15) is 0 Å². The van der Waals surface area contributed by atoms with Crippen molar-refractivity contribution >= 4 is 21.6 Å². The average Bonchev–Trinajstić information content (AvgIpc) is 3.22. The van der Waals surface area contributed by atoms with Crippen LogP contribution in [-0.4, -0.2) is 6.54 Å². The average molecular weight is 309 g/mol. The predicted molar refractivity (Wildman–Crippen MR) is 79.2 cm³/mol. The van der Waals surface area contributed by atoms with Gasteiger partial charge in [-0.3, -0.25) is 0 Å². The van der Waals surface area contributed by atoms with E-state index in [0.717, 1.165) is 34.5 Å². The van der Waals surface area contributed by atoms with Gasteiger partial charge >= 0.3 is 0 Å². The number of hydrogen-bond acceptors (Lipinski definition) is 2. The molecule has 0 amide bonds. The van der Waals surface area contributed by atoms with Crippen molar-refractivity contribution in [1.29, 1.82) is 0 Å². The highest BCUT2D eigenvalue weighted by molar-refractivity contribution is 9.10. The smallest absolute Gasteiger partial charge is 0.0458 e. The molecule has 2 saturated carbocycles. The first-order valence-corrected chi connectivity index (χ1v) is 7.78. The van der Waals surface area contributed by atoms with Crippen LogP contribution in [0.4, 0.5) is 5.69 Å². The van der Waals surface area contributed by atoms with Gasteiger partial charge in [0, 0.05) is 16.7 Å². The monoisotopic (exact) mass is 308 g/mol. The summed E-state index contributed by atoms with van der Waals surface area (Å²) < 4.78 is 1.00. The van der Waals surface area contributed by atoms with Gasteiger partial charge in [-0.25, -0.2) is 0 Å². The Morgan fingerprint density at radius 1 is 1.22 bits per heavy atom. The Morgan fingerprint density at radius 3 is 2.44 bits per heavy atom. The lowest BCUT2D eigenvalue weighted by atomic mass is 9.98. The zero-order chi connectivity index (χ0) is 12.5. The molecule has 3 N–H and O–H groups in total. The summed E-state index contributed by atoms with van der Waals surface area (Å²) in [6.07, 6.45) is 5.87. The summed E-state index contributed by atoms with van der Waals surface area (Å²) in [6, 6.07) is 6.20. The Morgan fingerprint density at radius 2 is 1.89 bits per heavy atom. The fraction of sp³-hybridized carbons (Fsp3) is 0.600. The molecule has 0 aliphatic heterocycles. The summed E-state index contributed by atoms with van der Waals surface area (Å²) in [5.74, 6) is 3.01. The van der Waals surface area contributed by atoms with Crippen LogP contribution in [0.3, 0.4) is 0 Å². The number of hydrogen-bond donors (Lipinski definition) is 2. The third-order valence-electron chi connectivity index (χ3n) is 4.23. The van der Waals surface area contributed by atoms with Gasteiger partial charge in [-0.05, 0) is 83.6 Å². The maximum absolute atomic E-state index is 5.79. The largest absolute Gasteiger partial charge is 0.398 e. The number of benzene rings is 1. The van der Waals surface area contributed by atoms with Crippen LogP contribution >= 0.6 is 15.9 Å². The maximum Gasteiger partial charge on any atom is 0.0458 e. The second kappa shape index (κ2) is 5.22. The Bertz CT molecular complexity index is 413. The molecule has 0 radical (unpaired) electrons. The molecule has 0 aromatic heterocycles. The molecular formula is C15H21BrN2. The van der Waals surface area contributed by atoms with E-state index in [9.17, 15) is 0 Å². The molecule has 2 aliphatic carbocycles. The molecule has 0 unspecified atom stereocenters. The van der Waals surface area contributed by atoms with E-state index in [0.29, 0.717) is 0 Å². The van der Waals surface area contributed by atoms with Gasteiger partial charge < -0.3 is 11.1 Å². The topological polar surface area (TPSA) is 38.0 Å². The van der Waals surface area contributed by atoms with E-state index in [-0.39, 0.29) is 0 Å². The van der Waals surface area contributed by atoms with Crippen LogP contribution in [0.5, 0.6) is 0 Å². The van der Waals surface area contributed by atoms with Gasteiger partial charge in [0.25, 0.3) is 0 Å². The summed E-state index contributed by atoms with van der Waals surface area (Å²) in [6.45, 7) is 2.14. The van der Waals surface area contributed by atoms with Crippen molar-refractivity contribution in [1.82, 2.24) is 5.32 Å². The number of anilines is 1. The molecule has 98 valence electrons. The molecule has 2 aliphatic rings. The Balaban J connectivity index is 1.49. The Kier molecular flexibility index (Phi) is 3.62. The van der Waals surface area contributed by atoms with Crippen LogP contribution in [0, 0.1) is 17.8 Å². The van der Waals surface area contributed by atoms with E-state index >= 15 is 0 Å². The van der Waals surface area contributed by atoms with Gasteiger partial charge in [0.05, 0.1) is 0 Å². The molecular weight excluding hydrogens is 288 g/mol. The van der Waals surface area contributed by atoms with E-state index in [1.165, 1.54) is 37.8 Å². The lowest BCUT2D eigenvalue weighted by Gasteiger charge is -2.16. The first-order chi connectivity index (χ1) is 8.74. The Hall–Kier alpha value is -0.540. The van der Waals surface area contributed by atoms with Crippen LogP contribution in [0.15, 0.2) is 22.7 Å². The molecule has 0 spiro atoms. The van der Waals surface area contributed by atoms with Gasteiger partial charge in [-0.15, -0.1) is 0 Å². The molecule has 0 heterocycles. The van der Waals surface area contributed by atoms with Crippen LogP contribution in [0.2, 0.25) is 0 Å². The van der Waals surface area contributed by atoms with E-state index in [2.05, 4.69) is 33.4 Å². The van der Waals surface area contributed by atoms with Gasteiger partial charge in [0.15, 0.2) is 0 Å². The van der Waals surface area contributed by atoms with Gasteiger partial charge in [-0.1, -0.05) is 6.07 Å². The minimum atomic E-state index is 0.813. The van der Waals surface area contributed by atoms with Crippen molar-refractivity contribution in [2.24, 2.45) is 17.8 Å². The molecule has 0 bridgehead atoms. The number of nitrogen functional groups attached to an aromatic ring is 1. The second-order valence-corrected chi connectivity index (χ2v) is 6.68. The lowest BCUT2D eigenvalue weighted by Crippen LogP contribution is -2.25. The first kappa shape index (κ1) is 12.5. The van der Waals surface area contributed by atoms with Crippen LogP contribution < -0.4 is 11.1 Å². The minimum Gasteiger partial charge on any atom is -0.398 e. The highest BCUT2D eigenvalue weighted by Gasteiger charge is 2.40. The first-order valence-electron chi connectivity index (χ1n) is 6.98. The Labute approximate surface area is 117 Å². The molecule has 18 heavy (non-hydrogen) atoms. The molecule has 1 aromatic rings. The summed E-state index contributed by atoms with van der Waals surface area (Å²) in [5, 5.41) is 3.63. The molecule has 2 fully saturated rings. The quantitative estimate of drug-likeness (QED) is 0.789. The normalized spacial score (nSPS) is 19.4. The van der Waals surface area contributed by atoms with E-state index < -0.39 is 0 Å². The van der Waals surface area contributed by atoms with Crippen molar-refractivity contribution in [2.75, 3.05) is 12.3 Å². The number of nitrogens with one attached hydrogen (secondary N) is 1. The van der Waals surface area contributed by atoms with Crippen molar-refractivity contribution < 1.29 is 0 Å². The molecule has 3 rings (SSSR count). The summed E-state index contributed by atoms with van der Waals surface area (Å²) in [4.78, 5) is 0. The second-order valence-electron chi connectivity index (χ2n) is 5.83. The number of halogens is 1. The maximum atomic E-state index is 5.79. The highest BCUT2D eigenvalue weighted by atomic mass is 79.9. The fourth-order valence-electron chi connectivity index (χ4n) is 2.83. The van der Waals surface area contributed by atoms with E-state index in [1.54, 1.807) is 0 Å². The van der Waals surface area contributed by atoms with Crippen LogP contribution in [-0.2, 0) is 6.54 Å². The number of nitrogens with two attached hydrogens (primary N) is 1. The van der Waals surface area contributed by atoms with Gasteiger partial charge in [0.2, 0.25) is 0 Å². The van der Waals surface area contributed by atoms with Gasteiger partial charge in [0.1, 0.15) is 0 Å². The molecule has 2 nitrogen and oxygen atoms in total. The fourth-order valence-corrected chi connectivity index (χ4v) is 3.26. The zero-order valence-corrected chi connectivity index (χ0v) is 12.2. The predicted octanol–water partition coefficient (Wildman–Crippen LogP) is 3.56. The third kappa shape index (κ3) is 3.07. The SMILES string of the molecule is Nc1ccc(CNCC(C2CC2)C2CC2)cc1Br. The van der Waals surface area contributed by atoms with Crippen LogP contribution in [0.1, 0.15) is 31.2 Å². The summed E-state index contributed by atoms with van der Waals surface area (Å²) >= 11 is 3.48. The van der Waals surface area contributed by atoms with E-state index in [1.807, 2.05) is 6.07 Å². The van der Waals surface area contributed by atoms with E-state index in [4.69, 9.17) is 5.73 Å². The summed E-state index contributed by atoms with van der Waals surface area (Å²) in [5.41, 5.74) is 7.91. The van der Waals surface area contributed by atoms with Crippen molar-refractivity contribution in [3.8, 4) is 0 Å². The minimum absolute atomic E-state index is 0.813. The molecule has 1 aromatic carbocycles. The van der Waals surface area contributed by atoms with Crippen molar-refractivity contribution in [2.45, 2.75) is 32.2 Å². The number of rotatable bonds is 6.